The minimum absolute atomic E-state index is 0.0701. The molecule has 4 heteroatoms. The second kappa shape index (κ2) is 6.16. The molecular weight excluding hydrogens is 196 g/mol. The van der Waals surface area contributed by atoms with Gasteiger partial charge in [0, 0.05) is 7.79 Å². The van der Waals surface area contributed by atoms with E-state index in [0.29, 0.717) is 12.0 Å². The first-order valence-electron chi connectivity index (χ1n) is 5.30. The monoisotopic (exact) mass is 211 g/mol. The summed E-state index contributed by atoms with van der Waals surface area (Å²) in [5, 5.41) is 8.35. The molecule has 0 heterocycles. The highest BCUT2D eigenvalue weighted by Crippen LogP contribution is 2.02. The highest BCUT2D eigenvalue weighted by Gasteiger charge is 2.07. The topological polar surface area (TPSA) is 55.8 Å². The van der Waals surface area contributed by atoms with Gasteiger partial charge in [-0.15, -0.1) is 0 Å². The van der Waals surface area contributed by atoms with E-state index in [9.17, 15) is 4.79 Å². The molecule has 0 spiro atoms. The first-order chi connectivity index (χ1) is 7.77. The predicted octanol–water partition coefficient (Wildman–Crippen LogP) is 2.11. The van der Waals surface area contributed by atoms with E-state index in [2.05, 4.69) is 4.89 Å². The molecular formula is C11H14O4. The Kier molecular flexibility index (Phi) is 4.16. The lowest BCUT2D eigenvalue weighted by Crippen LogP contribution is -2.12. The molecule has 0 bridgehead atoms. The van der Waals surface area contributed by atoms with Crippen LogP contribution >= 0.6 is 0 Å². The first kappa shape index (κ1) is 10.1. The lowest BCUT2D eigenvalue weighted by atomic mass is 10.2. The molecule has 1 atom stereocenters. The van der Waals surface area contributed by atoms with Crippen molar-refractivity contribution >= 4 is 5.97 Å². The fourth-order valence-corrected chi connectivity index (χ4v) is 0.993. The molecule has 0 fully saturated rings. The fourth-order valence-electron chi connectivity index (χ4n) is 0.993. The lowest BCUT2D eigenvalue weighted by molar-refractivity contribution is -0.275. The van der Waals surface area contributed by atoms with Gasteiger partial charge in [0.05, 0.1) is 18.3 Å². The summed E-state index contributed by atoms with van der Waals surface area (Å²) >= 11 is 0. The van der Waals surface area contributed by atoms with Gasteiger partial charge in [0.15, 0.2) is 0 Å². The standard InChI is InChI=1S/C11H14O4/c1-9(15-13)7-8-14-11(12)10-5-3-2-4-6-10/h2-6,9,13H,7-8H2,1H3/i1D. The largest absolute Gasteiger partial charge is 0.462 e. The molecule has 0 amide bonds. The van der Waals surface area contributed by atoms with Crippen molar-refractivity contribution in [2.24, 2.45) is 0 Å². The molecule has 0 aliphatic carbocycles. The van der Waals surface area contributed by atoms with Gasteiger partial charge >= 0.3 is 5.97 Å². The van der Waals surface area contributed by atoms with Crippen LogP contribution in [0.25, 0.3) is 0 Å². The van der Waals surface area contributed by atoms with Crippen molar-refractivity contribution in [2.45, 2.75) is 19.4 Å². The van der Waals surface area contributed by atoms with Crippen molar-refractivity contribution in [3.63, 3.8) is 0 Å². The van der Waals surface area contributed by atoms with Crippen molar-refractivity contribution in [2.75, 3.05) is 6.61 Å². The molecule has 82 valence electrons. The number of carbonyl (C=O) groups excluding carboxylic acids is 1. The van der Waals surface area contributed by atoms with Gasteiger partial charge in [-0.1, -0.05) is 18.2 Å². The number of esters is 1. The number of hydrogen-bond donors (Lipinski definition) is 1. The van der Waals surface area contributed by atoms with Crippen molar-refractivity contribution in [3.05, 3.63) is 35.9 Å². The van der Waals surface area contributed by atoms with Gasteiger partial charge in [-0.25, -0.2) is 9.68 Å². The Morgan fingerprint density at radius 2 is 2.27 bits per heavy atom. The van der Waals surface area contributed by atoms with E-state index < -0.39 is 12.1 Å². The fraction of sp³-hybridized carbons (Fsp3) is 0.364. The van der Waals surface area contributed by atoms with Crippen molar-refractivity contribution < 1.29 is 21.0 Å². The van der Waals surface area contributed by atoms with Gasteiger partial charge in [-0.2, -0.15) is 0 Å². The molecule has 4 nitrogen and oxygen atoms in total. The molecule has 1 rings (SSSR count). The van der Waals surface area contributed by atoms with Crippen molar-refractivity contribution in [3.8, 4) is 0 Å². The third-order valence-electron chi connectivity index (χ3n) is 1.83. The van der Waals surface area contributed by atoms with Crippen LogP contribution < -0.4 is 0 Å². The van der Waals surface area contributed by atoms with Crippen molar-refractivity contribution in [1.82, 2.24) is 0 Å². The van der Waals surface area contributed by atoms with Crippen LogP contribution in [-0.4, -0.2) is 23.9 Å². The Balaban J connectivity index is 2.31. The van der Waals surface area contributed by atoms with Crippen molar-refractivity contribution in [1.29, 1.82) is 0 Å². The second-order valence-corrected chi connectivity index (χ2v) is 3.02. The highest BCUT2D eigenvalue weighted by atomic mass is 17.1. The molecule has 0 radical (unpaired) electrons. The molecule has 0 saturated heterocycles. The summed E-state index contributed by atoms with van der Waals surface area (Å²) in [6, 6.07) is 8.63. The van der Waals surface area contributed by atoms with Crippen LogP contribution in [-0.2, 0) is 9.62 Å². The van der Waals surface area contributed by atoms with Gasteiger partial charge in [-0.05, 0) is 19.0 Å². The summed E-state index contributed by atoms with van der Waals surface area (Å²) in [4.78, 5) is 15.4. The van der Waals surface area contributed by atoms with Crippen LogP contribution in [0.5, 0.6) is 0 Å². The molecule has 0 saturated carbocycles. The summed E-state index contributed by atoms with van der Waals surface area (Å²) in [7, 11) is 0. The molecule has 1 aromatic carbocycles. The van der Waals surface area contributed by atoms with Gasteiger partial charge in [0.25, 0.3) is 0 Å². The Morgan fingerprint density at radius 1 is 1.53 bits per heavy atom. The smallest absolute Gasteiger partial charge is 0.338 e. The highest BCUT2D eigenvalue weighted by molar-refractivity contribution is 5.89. The zero-order chi connectivity index (χ0) is 11.8. The third-order valence-corrected chi connectivity index (χ3v) is 1.83. The van der Waals surface area contributed by atoms with Gasteiger partial charge in [0.1, 0.15) is 0 Å². The zero-order valence-corrected chi connectivity index (χ0v) is 8.26. The molecule has 1 N–H and O–H groups in total. The molecule has 0 aliphatic heterocycles. The summed E-state index contributed by atoms with van der Waals surface area (Å²) in [6.45, 7) is 0.0528. The summed E-state index contributed by atoms with van der Waals surface area (Å²) < 4.78 is 11.9. The van der Waals surface area contributed by atoms with E-state index in [1.807, 2.05) is 6.07 Å². The summed E-state index contributed by atoms with van der Waals surface area (Å²) in [6.07, 6.45) is -0.304. The molecule has 0 aromatic heterocycles. The maximum Gasteiger partial charge on any atom is 0.338 e. The molecule has 15 heavy (non-hydrogen) atoms. The molecule has 0 aliphatic rings. The SMILES string of the molecule is [2H]CC(CCOC(=O)c1ccccc1)OO. The maximum absolute atomic E-state index is 11.4. The minimum atomic E-state index is -0.608. The first-order valence-corrected chi connectivity index (χ1v) is 4.59. The number of carbonyl (C=O) groups is 1. The third kappa shape index (κ3) is 4.10. The summed E-state index contributed by atoms with van der Waals surface area (Å²) in [5.41, 5.74) is 0.481. The lowest BCUT2D eigenvalue weighted by Gasteiger charge is -2.07. The number of ether oxygens (including phenoxy) is 1. The Bertz CT molecular complexity index is 311. The van der Waals surface area contributed by atoms with E-state index in [-0.39, 0.29) is 13.5 Å². The van der Waals surface area contributed by atoms with Crippen LogP contribution in [0.2, 0.25) is 0 Å². The average Bonchev–Trinajstić information content (AvgIpc) is 2.35. The van der Waals surface area contributed by atoms with Crippen LogP contribution in [0.1, 0.15) is 25.0 Å². The molecule has 1 unspecified atom stereocenters. The number of hydrogen-bond acceptors (Lipinski definition) is 4. The number of benzene rings is 1. The zero-order valence-electron chi connectivity index (χ0n) is 9.26. The van der Waals surface area contributed by atoms with Crippen LogP contribution in [0.3, 0.4) is 0 Å². The van der Waals surface area contributed by atoms with E-state index in [1.54, 1.807) is 24.3 Å². The Hall–Kier alpha value is -1.39. The van der Waals surface area contributed by atoms with Gasteiger partial charge in [0.2, 0.25) is 0 Å². The second-order valence-electron chi connectivity index (χ2n) is 3.02. The van der Waals surface area contributed by atoms with E-state index in [1.165, 1.54) is 0 Å². The van der Waals surface area contributed by atoms with Gasteiger partial charge in [-0.3, -0.25) is 5.26 Å². The quantitative estimate of drug-likeness (QED) is 0.460. The van der Waals surface area contributed by atoms with E-state index in [4.69, 9.17) is 11.4 Å². The predicted molar refractivity (Wildman–Crippen MR) is 54.5 cm³/mol. The van der Waals surface area contributed by atoms with E-state index >= 15 is 0 Å². The number of rotatable bonds is 5. The maximum atomic E-state index is 11.4. The molecule has 1 aromatic rings. The Morgan fingerprint density at radius 3 is 2.87 bits per heavy atom. The van der Waals surface area contributed by atoms with Crippen LogP contribution in [0.15, 0.2) is 30.3 Å². The normalized spacial score (nSPS) is 13.0. The minimum Gasteiger partial charge on any atom is -0.462 e. The van der Waals surface area contributed by atoms with Crippen LogP contribution in [0.4, 0.5) is 0 Å². The van der Waals surface area contributed by atoms with E-state index in [0.717, 1.165) is 0 Å². The average molecular weight is 211 g/mol. The van der Waals surface area contributed by atoms with Crippen LogP contribution in [0, 0.1) is 0 Å². The van der Waals surface area contributed by atoms with Gasteiger partial charge < -0.3 is 4.74 Å². The summed E-state index contributed by atoms with van der Waals surface area (Å²) in [5.74, 6) is -0.415. The Labute approximate surface area is 89.8 Å².